The second-order valence-electron chi connectivity index (χ2n) is 3.12. The number of halogens is 6. The van der Waals surface area contributed by atoms with Crippen molar-refractivity contribution in [3.05, 3.63) is 17.3 Å². The summed E-state index contributed by atoms with van der Waals surface area (Å²) >= 11 is 0. The normalized spacial score (nSPS) is 12.6. The monoisotopic (exact) mass is 275 g/mol. The van der Waals surface area contributed by atoms with Gasteiger partial charge in [-0.2, -0.15) is 13.2 Å². The number of nitrogens with zero attached hydrogens (tertiary/aromatic N) is 1. The molecule has 0 unspecified atom stereocenters. The molecule has 0 amide bonds. The average Bonchev–Trinajstić information content (AvgIpc) is 2.11. The molecule has 4 N–H and O–H groups in total. The van der Waals surface area contributed by atoms with Gasteiger partial charge in [0.25, 0.3) is 0 Å². The Bertz CT molecular complexity index is 442. The molecule has 102 valence electrons. The number of hydrogen-bond acceptors (Lipinski definition) is 4. The standard InChI is InChI=1S/C8H7F6N3O/c9-7(10,11)6-3(2-15)17-5(16)1-4(6)18-8(12,13)14/h1H,2,15H2,(H2,16,17). The van der Waals surface area contributed by atoms with Crippen molar-refractivity contribution in [1.82, 2.24) is 4.98 Å². The summed E-state index contributed by atoms with van der Waals surface area (Å²) < 4.78 is 77.1. The first-order chi connectivity index (χ1) is 8.04. The molecular weight excluding hydrogens is 268 g/mol. The molecule has 0 saturated heterocycles. The van der Waals surface area contributed by atoms with Crippen LogP contribution in [0.3, 0.4) is 0 Å². The SMILES string of the molecule is NCc1nc(N)cc(OC(F)(F)F)c1C(F)(F)F. The van der Waals surface area contributed by atoms with Gasteiger partial charge >= 0.3 is 12.5 Å². The van der Waals surface area contributed by atoms with Crippen LogP contribution in [0, 0.1) is 0 Å². The molecule has 18 heavy (non-hydrogen) atoms. The Balaban J connectivity index is 3.43. The maximum Gasteiger partial charge on any atom is 0.573 e. The molecule has 0 aliphatic rings. The summed E-state index contributed by atoms with van der Waals surface area (Å²) in [6, 6.07) is 0.343. The molecule has 0 saturated carbocycles. The van der Waals surface area contributed by atoms with Crippen LogP contribution in [0.25, 0.3) is 0 Å². The maximum absolute atomic E-state index is 12.6. The van der Waals surface area contributed by atoms with E-state index in [1.165, 1.54) is 0 Å². The smallest absolute Gasteiger partial charge is 0.405 e. The fourth-order valence-corrected chi connectivity index (χ4v) is 1.25. The van der Waals surface area contributed by atoms with Crippen LogP contribution in [-0.2, 0) is 12.7 Å². The first kappa shape index (κ1) is 14.4. The van der Waals surface area contributed by atoms with Gasteiger partial charge in [-0.05, 0) is 0 Å². The Labute approximate surface area is 96.5 Å². The van der Waals surface area contributed by atoms with E-state index in [1.54, 1.807) is 0 Å². The summed E-state index contributed by atoms with van der Waals surface area (Å²) in [5.74, 6) is -2.02. The highest BCUT2D eigenvalue weighted by Crippen LogP contribution is 2.40. The number of pyridine rings is 1. The maximum atomic E-state index is 12.6. The quantitative estimate of drug-likeness (QED) is 0.810. The van der Waals surface area contributed by atoms with Gasteiger partial charge in [0.2, 0.25) is 0 Å². The number of anilines is 1. The number of ether oxygens (including phenoxy) is 1. The molecule has 0 spiro atoms. The van der Waals surface area contributed by atoms with Crippen molar-refractivity contribution >= 4 is 5.82 Å². The lowest BCUT2D eigenvalue weighted by Gasteiger charge is -2.18. The van der Waals surface area contributed by atoms with Crippen LogP contribution in [-0.4, -0.2) is 11.3 Å². The van der Waals surface area contributed by atoms with E-state index in [2.05, 4.69) is 9.72 Å². The van der Waals surface area contributed by atoms with Crippen molar-refractivity contribution in [2.75, 3.05) is 5.73 Å². The zero-order valence-corrected chi connectivity index (χ0v) is 8.56. The predicted octanol–water partition coefficient (Wildman–Crippen LogP) is 2.04. The molecular formula is C8H7F6N3O. The van der Waals surface area contributed by atoms with Crippen LogP contribution < -0.4 is 16.2 Å². The first-order valence-corrected chi connectivity index (χ1v) is 4.37. The first-order valence-electron chi connectivity index (χ1n) is 4.37. The van der Waals surface area contributed by atoms with Crippen LogP contribution in [0.15, 0.2) is 6.07 Å². The number of nitrogens with two attached hydrogens (primary N) is 2. The molecule has 1 heterocycles. The van der Waals surface area contributed by atoms with Gasteiger partial charge in [-0.1, -0.05) is 0 Å². The van der Waals surface area contributed by atoms with Gasteiger partial charge < -0.3 is 16.2 Å². The van der Waals surface area contributed by atoms with Crippen molar-refractivity contribution < 1.29 is 31.1 Å². The van der Waals surface area contributed by atoms with Gasteiger partial charge in [-0.25, -0.2) is 4.98 Å². The highest BCUT2D eigenvalue weighted by Gasteiger charge is 2.42. The molecule has 0 bridgehead atoms. The van der Waals surface area contributed by atoms with Crippen molar-refractivity contribution in [2.24, 2.45) is 5.73 Å². The molecule has 0 fully saturated rings. The van der Waals surface area contributed by atoms with E-state index in [0.717, 1.165) is 0 Å². The lowest BCUT2D eigenvalue weighted by atomic mass is 10.1. The van der Waals surface area contributed by atoms with Gasteiger partial charge in [0.05, 0.1) is 5.69 Å². The highest BCUT2D eigenvalue weighted by atomic mass is 19.4. The van der Waals surface area contributed by atoms with E-state index in [4.69, 9.17) is 11.5 Å². The largest absolute Gasteiger partial charge is 0.573 e. The summed E-state index contributed by atoms with van der Waals surface area (Å²) in [5, 5.41) is 0. The number of aromatic nitrogens is 1. The molecule has 1 aromatic rings. The van der Waals surface area contributed by atoms with Crippen LogP contribution in [0.4, 0.5) is 32.2 Å². The Kier molecular flexibility index (Phi) is 3.60. The second kappa shape index (κ2) is 4.52. The average molecular weight is 275 g/mol. The fraction of sp³-hybridized carbons (Fsp3) is 0.375. The summed E-state index contributed by atoms with van der Waals surface area (Å²) in [6.45, 7) is -0.728. The predicted molar refractivity (Wildman–Crippen MR) is 48.2 cm³/mol. The van der Waals surface area contributed by atoms with E-state index in [1.807, 2.05) is 0 Å². The van der Waals surface area contributed by atoms with Gasteiger partial charge in [0, 0.05) is 12.6 Å². The number of hydrogen-bond donors (Lipinski definition) is 2. The zero-order chi connectivity index (χ0) is 14.1. The molecule has 10 heteroatoms. The zero-order valence-electron chi connectivity index (χ0n) is 8.56. The molecule has 0 atom stereocenters. The minimum absolute atomic E-state index is 0.343. The van der Waals surface area contributed by atoms with Crippen LogP contribution in [0.2, 0.25) is 0 Å². The van der Waals surface area contributed by atoms with Crippen LogP contribution >= 0.6 is 0 Å². The molecule has 1 rings (SSSR count). The Hall–Kier alpha value is -1.71. The Morgan fingerprint density at radius 2 is 1.72 bits per heavy atom. The molecule has 0 radical (unpaired) electrons. The van der Waals surface area contributed by atoms with E-state index < -0.39 is 41.9 Å². The molecule has 0 aliphatic carbocycles. The lowest BCUT2D eigenvalue weighted by molar-refractivity contribution is -0.276. The second-order valence-corrected chi connectivity index (χ2v) is 3.12. The van der Waals surface area contributed by atoms with Crippen LogP contribution in [0.1, 0.15) is 11.3 Å². The Morgan fingerprint density at radius 3 is 2.11 bits per heavy atom. The topological polar surface area (TPSA) is 74.2 Å². The summed E-state index contributed by atoms with van der Waals surface area (Å²) in [4.78, 5) is 3.23. The molecule has 1 aromatic heterocycles. The van der Waals surface area contributed by atoms with Gasteiger partial charge in [0.1, 0.15) is 17.1 Å². The van der Waals surface area contributed by atoms with Gasteiger partial charge in [0.15, 0.2) is 0 Å². The van der Waals surface area contributed by atoms with E-state index in [0.29, 0.717) is 6.07 Å². The molecule has 0 aliphatic heterocycles. The van der Waals surface area contributed by atoms with Crippen LogP contribution in [0.5, 0.6) is 5.75 Å². The third-order valence-electron chi connectivity index (χ3n) is 1.78. The molecule has 4 nitrogen and oxygen atoms in total. The summed E-state index contributed by atoms with van der Waals surface area (Å²) in [5.41, 5.74) is 7.58. The van der Waals surface area contributed by atoms with Crippen molar-refractivity contribution in [1.29, 1.82) is 0 Å². The van der Waals surface area contributed by atoms with Crippen molar-refractivity contribution in [2.45, 2.75) is 19.1 Å². The summed E-state index contributed by atoms with van der Waals surface area (Å²) in [7, 11) is 0. The number of rotatable bonds is 2. The van der Waals surface area contributed by atoms with Gasteiger partial charge in [-0.15, -0.1) is 13.2 Å². The highest BCUT2D eigenvalue weighted by molar-refractivity contribution is 5.47. The van der Waals surface area contributed by atoms with E-state index >= 15 is 0 Å². The minimum atomic E-state index is -5.28. The van der Waals surface area contributed by atoms with E-state index in [9.17, 15) is 26.3 Å². The van der Waals surface area contributed by atoms with Crippen molar-refractivity contribution in [3.63, 3.8) is 0 Å². The molecule has 0 aromatic carbocycles. The fourth-order valence-electron chi connectivity index (χ4n) is 1.25. The third-order valence-corrected chi connectivity index (χ3v) is 1.78. The lowest BCUT2D eigenvalue weighted by Crippen LogP contribution is -2.23. The van der Waals surface area contributed by atoms with Crippen molar-refractivity contribution in [3.8, 4) is 5.75 Å². The Morgan fingerprint density at radius 1 is 1.17 bits per heavy atom. The number of alkyl halides is 6. The number of nitrogen functional groups attached to an aromatic ring is 1. The summed E-state index contributed by atoms with van der Waals surface area (Å²) in [6.07, 6.45) is -10.4. The van der Waals surface area contributed by atoms with E-state index in [-0.39, 0.29) is 0 Å². The third kappa shape index (κ3) is 3.39. The van der Waals surface area contributed by atoms with Gasteiger partial charge in [-0.3, -0.25) is 0 Å². The minimum Gasteiger partial charge on any atom is -0.405 e.